The monoisotopic (exact) mass is 465 g/mol. The van der Waals surface area contributed by atoms with E-state index in [9.17, 15) is 9.59 Å². The molecule has 4 heterocycles. The molecule has 8 nitrogen and oxygen atoms in total. The van der Waals surface area contributed by atoms with E-state index < -0.39 is 5.56 Å². The SMILES string of the molecule is [B]c1ccc2oc3c(=O)[nH]c(-c4ccc(NC(=O)c5cnc6[nH]ccc6c5)cc4Cl)nc3c2c1. The van der Waals surface area contributed by atoms with Crippen molar-refractivity contribution in [2.24, 2.45) is 0 Å². The first-order valence-corrected chi connectivity index (χ1v) is 10.6. The molecular formula is C24H13BClN5O3. The van der Waals surface area contributed by atoms with Crippen LogP contribution in [0.4, 0.5) is 5.69 Å². The van der Waals surface area contributed by atoms with Gasteiger partial charge in [0.15, 0.2) is 0 Å². The van der Waals surface area contributed by atoms with Gasteiger partial charge in [0, 0.05) is 34.4 Å². The smallest absolute Gasteiger partial charge is 0.294 e. The highest BCUT2D eigenvalue weighted by atomic mass is 35.5. The van der Waals surface area contributed by atoms with E-state index in [1.807, 2.05) is 6.07 Å². The van der Waals surface area contributed by atoms with Gasteiger partial charge in [-0.25, -0.2) is 9.97 Å². The van der Waals surface area contributed by atoms with Gasteiger partial charge in [0.1, 0.15) is 30.4 Å². The second-order valence-electron chi connectivity index (χ2n) is 7.74. The summed E-state index contributed by atoms with van der Waals surface area (Å²) in [5.74, 6) is -0.0533. The van der Waals surface area contributed by atoms with Gasteiger partial charge in [0.05, 0.1) is 10.6 Å². The summed E-state index contributed by atoms with van der Waals surface area (Å²) in [7, 11) is 5.89. The number of hydrogen-bond acceptors (Lipinski definition) is 5. The minimum Gasteiger partial charge on any atom is -0.449 e. The number of halogens is 1. The van der Waals surface area contributed by atoms with Crippen LogP contribution in [0.3, 0.4) is 0 Å². The van der Waals surface area contributed by atoms with Gasteiger partial charge in [-0.3, -0.25) is 9.59 Å². The van der Waals surface area contributed by atoms with Crippen LogP contribution in [0.25, 0.3) is 44.5 Å². The quantitative estimate of drug-likeness (QED) is 0.343. The maximum atomic E-state index is 12.7. The first-order valence-electron chi connectivity index (χ1n) is 10.2. The van der Waals surface area contributed by atoms with Crippen molar-refractivity contribution in [1.29, 1.82) is 0 Å². The van der Waals surface area contributed by atoms with E-state index in [2.05, 4.69) is 25.3 Å². The predicted molar refractivity (Wildman–Crippen MR) is 132 cm³/mol. The van der Waals surface area contributed by atoms with Gasteiger partial charge < -0.3 is 19.7 Å². The number of nitrogens with zero attached hydrogens (tertiary/aromatic N) is 2. The van der Waals surface area contributed by atoms with Crippen molar-refractivity contribution in [3.05, 3.63) is 81.9 Å². The number of fused-ring (bicyclic) bond motifs is 4. The minimum atomic E-state index is -0.434. The number of rotatable bonds is 3. The second-order valence-corrected chi connectivity index (χ2v) is 8.15. The molecule has 3 N–H and O–H groups in total. The molecule has 0 spiro atoms. The highest BCUT2D eigenvalue weighted by Gasteiger charge is 2.16. The van der Waals surface area contributed by atoms with E-state index in [1.165, 1.54) is 6.20 Å². The van der Waals surface area contributed by atoms with Gasteiger partial charge in [0.2, 0.25) is 5.58 Å². The average molecular weight is 466 g/mol. The summed E-state index contributed by atoms with van der Waals surface area (Å²) < 4.78 is 5.64. The molecular weight excluding hydrogens is 453 g/mol. The van der Waals surface area contributed by atoms with Crippen molar-refractivity contribution in [2.45, 2.75) is 0 Å². The summed E-state index contributed by atoms with van der Waals surface area (Å²) in [5.41, 5.74) is 3.20. The minimum absolute atomic E-state index is 0.109. The molecule has 10 heteroatoms. The zero-order valence-corrected chi connectivity index (χ0v) is 18.1. The predicted octanol–water partition coefficient (Wildman–Crippen LogP) is 3.91. The molecule has 0 aliphatic rings. The number of nitrogens with one attached hydrogen (secondary N) is 3. The summed E-state index contributed by atoms with van der Waals surface area (Å²) in [5, 5.41) is 4.57. The van der Waals surface area contributed by atoms with Crippen molar-refractivity contribution in [1.82, 2.24) is 19.9 Å². The van der Waals surface area contributed by atoms with E-state index in [0.717, 1.165) is 5.39 Å². The number of carbonyl (C=O) groups is 1. The molecule has 6 aromatic rings. The highest BCUT2D eigenvalue weighted by Crippen LogP contribution is 2.31. The second kappa shape index (κ2) is 7.60. The first-order chi connectivity index (χ1) is 16.5. The zero-order chi connectivity index (χ0) is 23.4. The number of anilines is 1. The third-order valence-electron chi connectivity index (χ3n) is 5.49. The lowest BCUT2D eigenvalue weighted by molar-refractivity contribution is 0.102. The topological polar surface area (TPSA) is 117 Å². The average Bonchev–Trinajstić information content (AvgIpc) is 3.43. The van der Waals surface area contributed by atoms with E-state index >= 15 is 0 Å². The molecule has 0 aliphatic heterocycles. The summed E-state index contributed by atoms with van der Waals surface area (Å²) in [6.07, 6.45) is 3.25. The Kier molecular flexibility index (Phi) is 4.53. The zero-order valence-electron chi connectivity index (χ0n) is 17.3. The van der Waals surface area contributed by atoms with Crippen LogP contribution in [-0.2, 0) is 0 Å². The van der Waals surface area contributed by atoms with Crippen molar-refractivity contribution in [3.63, 3.8) is 0 Å². The number of carbonyl (C=O) groups excluding carboxylic acids is 1. The van der Waals surface area contributed by atoms with Gasteiger partial charge in [-0.1, -0.05) is 29.2 Å². The molecule has 34 heavy (non-hydrogen) atoms. The van der Waals surface area contributed by atoms with Crippen LogP contribution in [0.2, 0.25) is 5.02 Å². The van der Waals surface area contributed by atoms with E-state index in [4.69, 9.17) is 23.9 Å². The molecule has 4 aromatic heterocycles. The summed E-state index contributed by atoms with van der Waals surface area (Å²) in [6, 6.07) is 13.6. The van der Waals surface area contributed by atoms with Crippen LogP contribution in [0.5, 0.6) is 0 Å². The largest absolute Gasteiger partial charge is 0.449 e. The Morgan fingerprint density at radius 1 is 1.12 bits per heavy atom. The maximum Gasteiger partial charge on any atom is 0.294 e. The van der Waals surface area contributed by atoms with Crippen LogP contribution < -0.4 is 16.3 Å². The van der Waals surface area contributed by atoms with Crippen molar-refractivity contribution < 1.29 is 9.21 Å². The Hall–Kier alpha value is -4.37. The molecule has 0 fully saturated rings. The lowest BCUT2D eigenvalue weighted by atomic mass is 9.95. The van der Waals surface area contributed by atoms with Gasteiger partial charge in [0.25, 0.3) is 11.5 Å². The number of H-pyrrole nitrogens is 2. The molecule has 0 bridgehead atoms. The van der Waals surface area contributed by atoms with Crippen LogP contribution in [-0.4, -0.2) is 33.7 Å². The normalized spacial score (nSPS) is 11.4. The van der Waals surface area contributed by atoms with Crippen LogP contribution in [0.15, 0.2) is 70.1 Å². The van der Waals surface area contributed by atoms with Crippen molar-refractivity contribution in [2.75, 3.05) is 5.32 Å². The van der Waals surface area contributed by atoms with Gasteiger partial charge in [-0.2, -0.15) is 0 Å². The summed E-state index contributed by atoms with van der Waals surface area (Å²) >= 11 is 6.50. The Labute approximate surface area is 197 Å². The Morgan fingerprint density at radius 2 is 2.00 bits per heavy atom. The molecule has 162 valence electrons. The molecule has 0 atom stereocenters. The number of hydrogen-bond donors (Lipinski definition) is 3. The van der Waals surface area contributed by atoms with E-state index in [1.54, 1.807) is 48.7 Å². The first kappa shape index (κ1) is 20.3. The van der Waals surface area contributed by atoms with Crippen LogP contribution >= 0.6 is 11.6 Å². The molecule has 0 saturated heterocycles. The summed E-state index contributed by atoms with van der Waals surface area (Å²) in [4.78, 5) is 39.8. The van der Waals surface area contributed by atoms with Crippen molar-refractivity contribution >= 4 is 69.6 Å². The van der Waals surface area contributed by atoms with E-state index in [-0.39, 0.29) is 17.3 Å². The molecule has 0 unspecified atom stereocenters. The fraction of sp³-hybridized carbons (Fsp3) is 0. The van der Waals surface area contributed by atoms with Gasteiger partial charge in [-0.05, 0) is 36.4 Å². The lowest BCUT2D eigenvalue weighted by Gasteiger charge is -2.09. The lowest BCUT2D eigenvalue weighted by Crippen LogP contribution is -2.12. The van der Waals surface area contributed by atoms with Gasteiger partial charge >= 0.3 is 0 Å². The number of pyridine rings is 1. The fourth-order valence-electron chi connectivity index (χ4n) is 3.85. The number of aromatic nitrogens is 4. The molecule has 1 amide bonds. The number of aromatic amines is 2. The van der Waals surface area contributed by atoms with Gasteiger partial charge in [-0.15, -0.1) is 0 Å². The molecule has 2 radical (unpaired) electrons. The van der Waals surface area contributed by atoms with Crippen LogP contribution in [0, 0.1) is 0 Å². The fourth-order valence-corrected chi connectivity index (χ4v) is 4.12. The molecule has 2 aromatic carbocycles. The number of amides is 1. The number of benzene rings is 2. The third-order valence-corrected chi connectivity index (χ3v) is 5.80. The standard InChI is InChI=1S/C24H13BClN5O3/c25-13-1-4-18-16(8-13)19-20(34-18)24(33)31-22(30-19)15-3-2-14(9-17(15)26)29-23(32)12-7-11-5-6-27-21(11)28-10-12/h1-10H,(H,27,28)(H,29,32)(H,30,31,33). The molecule has 0 saturated carbocycles. The Balaban J connectivity index is 1.35. The Morgan fingerprint density at radius 3 is 2.85 bits per heavy atom. The van der Waals surface area contributed by atoms with Crippen molar-refractivity contribution in [3.8, 4) is 11.4 Å². The Bertz CT molecular complexity index is 1820. The highest BCUT2D eigenvalue weighted by molar-refractivity contribution is 6.34. The number of furan rings is 1. The maximum absolute atomic E-state index is 12.7. The van der Waals surface area contributed by atoms with Crippen LogP contribution in [0.1, 0.15) is 10.4 Å². The summed E-state index contributed by atoms with van der Waals surface area (Å²) in [6.45, 7) is 0. The molecule has 0 aliphatic carbocycles. The molecule has 6 rings (SSSR count). The van der Waals surface area contributed by atoms with E-state index in [0.29, 0.717) is 49.4 Å². The third kappa shape index (κ3) is 3.34.